The summed E-state index contributed by atoms with van der Waals surface area (Å²) in [6.45, 7) is 3.74. The Morgan fingerprint density at radius 3 is 2.67 bits per heavy atom. The van der Waals surface area contributed by atoms with Crippen molar-refractivity contribution < 1.29 is 18.6 Å². The number of hydrogen-bond donors (Lipinski definition) is 0. The molecule has 0 aliphatic carbocycles. The minimum Gasteiger partial charge on any atom is -0.497 e. The van der Waals surface area contributed by atoms with Crippen LogP contribution in [0.3, 0.4) is 0 Å². The molecular weight excluding hydrogens is 380 g/mol. The van der Waals surface area contributed by atoms with E-state index >= 15 is 0 Å². The summed E-state index contributed by atoms with van der Waals surface area (Å²) in [5, 5.41) is 0. The third kappa shape index (κ3) is 3.87. The largest absolute Gasteiger partial charge is 0.497 e. The van der Waals surface area contributed by atoms with Crippen molar-refractivity contribution >= 4 is 0 Å². The normalized spacial score (nSPS) is 16.6. The van der Waals surface area contributed by atoms with E-state index in [1.807, 2.05) is 31.2 Å². The zero-order valence-corrected chi connectivity index (χ0v) is 18.0. The molecule has 1 aliphatic heterocycles. The Labute approximate surface area is 177 Å². The van der Waals surface area contributed by atoms with E-state index in [9.17, 15) is 0 Å². The summed E-state index contributed by atoms with van der Waals surface area (Å²) < 4.78 is 22.4. The van der Waals surface area contributed by atoms with Crippen LogP contribution >= 0.6 is 0 Å². The Hall–Kier alpha value is -2.99. The second kappa shape index (κ2) is 8.79. The monoisotopic (exact) mass is 408 g/mol. The van der Waals surface area contributed by atoms with Crippen LogP contribution in [0.5, 0.6) is 17.2 Å². The summed E-state index contributed by atoms with van der Waals surface area (Å²) in [4.78, 5) is 7.29. The maximum absolute atomic E-state index is 6.04. The first-order valence-corrected chi connectivity index (χ1v) is 10.2. The molecule has 1 atom stereocenters. The zero-order chi connectivity index (χ0) is 21.1. The number of aromatic nitrogens is 1. The molecule has 0 spiro atoms. The number of likely N-dealkylation sites (tertiary alicyclic amines) is 1. The van der Waals surface area contributed by atoms with Gasteiger partial charge in [-0.1, -0.05) is 18.2 Å². The fraction of sp³-hybridized carbons (Fsp3) is 0.375. The van der Waals surface area contributed by atoms with Gasteiger partial charge < -0.3 is 18.6 Å². The molecule has 0 amide bonds. The highest BCUT2D eigenvalue weighted by Crippen LogP contribution is 2.39. The fourth-order valence-corrected chi connectivity index (χ4v) is 4.18. The van der Waals surface area contributed by atoms with Crippen molar-refractivity contribution in [1.29, 1.82) is 0 Å². The van der Waals surface area contributed by atoms with Gasteiger partial charge in [0.25, 0.3) is 0 Å². The Morgan fingerprint density at radius 1 is 1.07 bits per heavy atom. The van der Waals surface area contributed by atoms with Crippen molar-refractivity contribution in [3.63, 3.8) is 0 Å². The van der Waals surface area contributed by atoms with Gasteiger partial charge in [0, 0.05) is 12.6 Å². The molecule has 0 saturated carbocycles. The molecule has 30 heavy (non-hydrogen) atoms. The van der Waals surface area contributed by atoms with Crippen molar-refractivity contribution in [2.45, 2.75) is 32.4 Å². The van der Waals surface area contributed by atoms with Gasteiger partial charge in [0.1, 0.15) is 11.5 Å². The molecule has 1 unspecified atom stereocenters. The number of hydrogen-bond acceptors (Lipinski definition) is 6. The van der Waals surface area contributed by atoms with E-state index < -0.39 is 0 Å². The highest BCUT2D eigenvalue weighted by Gasteiger charge is 2.28. The van der Waals surface area contributed by atoms with Crippen LogP contribution in [0.4, 0.5) is 0 Å². The minimum atomic E-state index is 0.353. The summed E-state index contributed by atoms with van der Waals surface area (Å²) in [6.07, 6.45) is 2.29. The van der Waals surface area contributed by atoms with Crippen LogP contribution in [0, 0.1) is 6.92 Å². The molecule has 2 heterocycles. The molecule has 6 nitrogen and oxygen atoms in total. The summed E-state index contributed by atoms with van der Waals surface area (Å²) in [5.41, 5.74) is 3.02. The van der Waals surface area contributed by atoms with E-state index in [1.165, 1.54) is 5.56 Å². The van der Waals surface area contributed by atoms with E-state index in [-0.39, 0.29) is 0 Å². The van der Waals surface area contributed by atoms with Gasteiger partial charge in [-0.05, 0) is 56.1 Å². The van der Waals surface area contributed by atoms with E-state index in [2.05, 4.69) is 23.1 Å². The lowest BCUT2D eigenvalue weighted by molar-refractivity contribution is 0.244. The van der Waals surface area contributed by atoms with Crippen molar-refractivity contribution in [1.82, 2.24) is 9.88 Å². The molecule has 1 aliphatic rings. The van der Waals surface area contributed by atoms with Crippen LogP contribution in [0.2, 0.25) is 0 Å². The number of ether oxygens (including phenoxy) is 3. The average Bonchev–Trinajstić information content (AvgIpc) is 3.40. The first-order chi connectivity index (χ1) is 14.6. The fourth-order valence-electron chi connectivity index (χ4n) is 4.18. The van der Waals surface area contributed by atoms with Gasteiger partial charge in [-0.2, -0.15) is 0 Å². The Bertz CT molecular complexity index is 1010. The first kappa shape index (κ1) is 20.3. The van der Waals surface area contributed by atoms with Crippen molar-refractivity contribution in [3.05, 3.63) is 59.5 Å². The molecule has 0 radical (unpaired) electrons. The van der Waals surface area contributed by atoms with Crippen LogP contribution in [0.1, 0.15) is 35.9 Å². The number of aryl methyl sites for hydroxylation is 1. The third-order valence-electron chi connectivity index (χ3n) is 5.72. The zero-order valence-electron chi connectivity index (χ0n) is 18.0. The lowest BCUT2D eigenvalue weighted by Crippen LogP contribution is -2.23. The maximum atomic E-state index is 6.04. The molecule has 1 fully saturated rings. The number of rotatable bonds is 7. The van der Waals surface area contributed by atoms with Crippen LogP contribution in [0.15, 0.2) is 46.9 Å². The van der Waals surface area contributed by atoms with Gasteiger partial charge in [-0.15, -0.1) is 0 Å². The van der Waals surface area contributed by atoms with Crippen LogP contribution in [-0.4, -0.2) is 37.8 Å². The van der Waals surface area contributed by atoms with Crippen molar-refractivity contribution in [3.8, 4) is 28.7 Å². The standard InChI is InChI=1S/C24H28N2O4/c1-16-20(25-24(30-16)19-10-6-12-22(28-3)23(19)29-4)15-26-13-7-11-21(26)17-8-5-9-18(14-17)27-2/h5-6,8-10,12,14,21H,7,11,13,15H2,1-4H3. The Morgan fingerprint density at radius 2 is 1.90 bits per heavy atom. The number of methoxy groups -OCH3 is 3. The van der Waals surface area contributed by atoms with Gasteiger partial charge >= 0.3 is 0 Å². The summed E-state index contributed by atoms with van der Waals surface area (Å²) in [6, 6.07) is 14.4. The lowest BCUT2D eigenvalue weighted by atomic mass is 10.0. The molecule has 2 aromatic carbocycles. The maximum Gasteiger partial charge on any atom is 0.230 e. The summed E-state index contributed by atoms with van der Waals surface area (Å²) in [5.74, 6) is 3.55. The third-order valence-corrected chi connectivity index (χ3v) is 5.72. The van der Waals surface area contributed by atoms with E-state index in [4.69, 9.17) is 23.6 Å². The molecule has 6 heteroatoms. The predicted octanol–water partition coefficient (Wildman–Crippen LogP) is 5.01. The second-order valence-electron chi connectivity index (χ2n) is 7.47. The molecule has 0 bridgehead atoms. The van der Waals surface area contributed by atoms with Crippen molar-refractivity contribution in [2.24, 2.45) is 0 Å². The number of benzene rings is 2. The molecule has 4 rings (SSSR count). The lowest BCUT2D eigenvalue weighted by Gasteiger charge is -2.24. The Balaban J connectivity index is 1.60. The Kier molecular flexibility index (Phi) is 5.95. The SMILES string of the molecule is COc1cccc(C2CCCN2Cc2nc(-c3cccc(OC)c3OC)oc2C)c1. The van der Waals surface area contributed by atoms with Crippen LogP contribution in [-0.2, 0) is 6.54 Å². The summed E-state index contributed by atoms with van der Waals surface area (Å²) in [7, 11) is 4.96. The van der Waals surface area contributed by atoms with Gasteiger partial charge in [0.2, 0.25) is 5.89 Å². The van der Waals surface area contributed by atoms with E-state index in [1.54, 1.807) is 21.3 Å². The molecule has 158 valence electrons. The first-order valence-electron chi connectivity index (χ1n) is 10.2. The second-order valence-corrected chi connectivity index (χ2v) is 7.47. The molecule has 1 saturated heterocycles. The van der Waals surface area contributed by atoms with Crippen molar-refractivity contribution in [2.75, 3.05) is 27.9 Å². The highest BCUT2D eigenvalue weighted by atomic mass is 16.5. The van der Waals surface area contributed by atoms with Crippen LogP contribution < -0.4 is 14.2 Å². The number of nitrogens with zero attached hydrogens (tertiary/aromatic N) is 2. The van der Waals surface area contributed by atoms with Gasteiger partial charge in [-0.25, -0.2) is 4.98 Å². The van der Waals surface area contributed by atoms with E-state index in [0.717, 1.165) is 48.7 Å². The molecule has 3 aromatic rings. The smallest absolute Gasteiger partial charge is 0.230 e. The number of para-hydroxylation sites is 1. The molecule has 1 aromatic heterocycles. The minimum absolute atomic E-state index is 0.353. The summed E-state index contributed by atoms with van der Waals surface area (Å²) >= 11 is 0. The van der Waals surface area contributed by atoms with Gasteiger partial charge in [0.15, 0.2) is 11.5 Å². The quantitative estimate of drug-likeness (QED) is 0.548. The van der Waals surface area contributed by atoms with Gasteiger partial charge in [-0.3, -0.25) is 4.90 Å². The number of oxazole rings is 1. The highest BCUT2D eigenvalue weighted by molar-refractivity contribution is 5.68. The average molecular weight is 408 g/mol. The van der Waals surface area contributed by atoms with Gasteiger partial charge in [0.05, 0.1) is 32.6 Å². The molecular formula is C24H28N2O4. The molecule has 0 N–H and O–H groups in total. The topological polar surface area (TPSA) is 57.0 Å². The van der Waals surface area contributed by atoms with Crippen LogP contribution in [0.25, 0.3) is 11.5 Å². The predicted molar refractivity (Wildman–Crippen MR) is 115 cm³/mol. The van der Waals surface area contributed by atoms with E-state index in [0.29, 0.717) is 23.4 Å².